The highest BCUT2D eigenvalue weighted by molar-refractivity contribution is 6.16. The van der Waals surface area contributed by atoms with Crippen molar-refractivity contribution in [3.8, 4) is 51.2 Å². The van der Waals surface area contributed by atoms with Gasteiger partial charge >= 0.3 is 24.7 Å². The van der Waals surface area contributed by atoms with E-state index in [1.807, 2.05) is 0 Å². The van der Waals surface area contributed by atoms with Crippen molar-refractivity contribution in [3.05, 3.63) is 210 Å². The number of aromatic nitrogens is 2. The van der Waals surface area contributed by atoms with Crippen molar-refractivity contribution in [1.82, 2.24) is 9.13 Å². The topological polar surface area (TPSA) is 46.1 Å². The molecule has 1 aliphatic rings. The molecule has 0 aliphatic carbocycles. The van der Waals surface area contributed by atoms with Gasteiger partial charge in [0.25, 0.3) is 0 Å². The second-order valence-electron chi connectivity index (χ2n) is 18.0. The molecule has 2 aromatic heterocycles. The van der Waals surface area contributed by atoms with Gasteiger partial charge in [0.05, 0.1) is 78.3 Å². The lowest BCUT2D eigenvalue weighted by atomic mass is 9.86. The molecule has 11 aromatic rings. The number of halogens is 12. The lowest BCUT2D eigenvalue weighted by Crippen LogP contribution is -2.22. The first-order valence-corrected chi connectivity index (χ1v) is 23.1. The van der Waals surface area contributed by atoms with Crippen LogP contribution in [0.3, 0.4) is 0 Å². The Balaban J connectivity index is 1.46. The molecule has 9 aromatic carbocycles. The molecule has 0 spiro atoms. The maximum absolute atomic E-state index is 15.1. The fourth-order valence-electron chi connectivity index (χ4n) is 10.4. The summed E-state index contributed by atoms with van der Waals surface area (Å²) in [7, 11) is 0. The van der Waals surface area contributed by atoms with Crippen LogP contribution in [0.25, 0.3) is 77.2 Å². The Kier molecular flexibility index (Phi) is 10.7. The van der Waals surface area contributed by atoms with Gasteiger partial charge in [-0.05, 0) is 83.9 Å². The number of para-hydroxylation sites is 4. The van der Waals surface area contributed by atoms with E-state index in [0.29, 0.717) is 0 Å². The van der Waals surface area contributed by atoms with Crippen LogP contribution in [0.4, 0.5) is 69.7 Å². The monoisotopic (exact) mass is 1040 g/mol. The summed E-state index contributed by atoms with van der Waals surface area (Å²) in [5.74, 6) is 0.290. The van der Waals surface area contributed by atoms with Crippen molar-refractivity contribution < 1.29 is 57.4 Å². The predicted octanol–water partition coefficient (Wildman–Crippen LogP) is 18.7. The summed E-state index contributed by atoms with van der Waals surface area (Å²) in [6.07, 6.45) is -20.1. The van der Waals surface area contributed by atoms with Gasteiger partial charge in [-0.15, -0.1) is 0 Å². The molecule has 0 bridgehead atoms. The van der Waals surface area contributed by atoms with Crippen molar-refractivity contribution in [2.45, 2.75) is 24.7 Å². The molecular weight excluding hydrogens is 1010 g/mol. The molecule has 76 heavy (non-hydrogen) atoms. The van der Waals surface area contributed by atoms with E-state index in [1.54, 1.807) is 114 Å². The maximum atomic E-state index is 15.1. The summed E-state index contributed by atoms with van der Waals surface area (Å²) in [6, 6.07) is 41.6. The van der Waals surface area contributed by atoms with Crippen molar-refractivity contribution in [1.29, 1.82) is 5.26 Å². The predicted molar refractivity (Wildman–Crippen MR) is 265 cm³/mol. The third-order valence-corrected chi connectivity index (χ3v) is 13.6. The minimum absolute atomic E-state index is 0.0261. The first-order valence-electron chi connectivity index (χ1n) is 23.1. The summed E-state index contributed by atoms with van der Waals surface area (Å²) in [4.78, 5) is 1.57. The van der Waals surface area contributed by atoms with Gasteiger partial charge in [-0.2, -0.15) is 57.9 Å². The Bertz CT molecular complexity index is 3820. The molecule has 376 valence electrons. The first-order chi connectivity index (χ1) is 36.2. The molecule has 0 fully saturated rings. The van der Waals surface area contributed by atoms with Crippen LogP contribution >= 0.6 is 0 Å². The third-order valence-electron chi connectivity index (χ3n) is 13.6. The highest BCUT2D eigenvalue weighted by Crippen LogP contribution is 2.59. The summed E-state index contributed by atoms with van der Waals surface area (Å²) in [6.45, 7) is 0. The average Bonchev–Trinajstić information content (AvgIpc) is 4.02. The average molecular weight is 1040 g/mol. The number of hydrogen-bond donors (Lipinski definition) is 0. The van der Waals surface area contributed by atoms with Crippen LogP contribution in [-0.4, -0.2) is 9.13 Å². The highest BCUT2D eigenvalue weighted by Gasteiger charge is 2.41. The Morgan fingerprint density at radius 1 is 0.355 bits per heavy atom. The summed E-state index contributed by atoms with van der Waals surface area (Å²) < 4.78 is 190. The zero-order chi connectivity index (χ0) is 53.2. The summed E-state index contributed by atoms with van der Waals surface area (Å²) in [5.41, 5.74) is -6.62. The van der Waals surface area contributed by atoms with E-state index in [1.165, 1.54) is 9.13 Å². The molecule has 0 saturated carbocycles. The Morgan fingerprint density at radius 2 is 0.658 bits per heavy atom. The second kappa shape index (κ2) is 16.9. The van der Waals surface area contributed by atoms with E-state index in [9.17, 15) is 5.26 Å². The smallest absolute Gasteiger partial charge is 0.416 e. The largest absolute Gasteiger partial charge is 0.453 e. The van der Waals surface area contributed by atoms with Gasteiger partial charge in [0.2, 0.25) is 0 Å². The van der Waals surface area contributed by atoms with E-state index in [-0.39, 0.29) is 111 Å². The molecule has 0 amide bonds. The van der Waals surface area contributed by atoms with Crippen LogP contribution in [0.2, 0.25) is 0 Å². The van der Waals surface area contributed by atoms with Crippen molar-refractivity contribution in [2.24, 2.45) is 0 Å². The molecule has 3 heterocycles. The van der Waals surface area contributed by atoms with Crippen LogP contribution in [0.1, 0.15) is 27.8 Å². The van der Waals surface area contributed by atoms with Gasteiger partial charge < -0.3 is 13.9 Å². The van der Waals surface area contributed by atoms with E-state index in [2.05, 4.69) is 6.07 Å². The number of rotatable bonds is 5. The van der Waals surface area contributed by atoms with Gasteiger partial charge in [-0.25, -0.2) is 0 Å². The SMILES string of the molecule is N#Cc1c(-c2ccccc2)c(-n2c3cc(C(F)(F)F)ccc3c3ccc(C(F)(F)F)cc32)c(N2c3ccccc3Oc3ccccc32)c(-n2c3cc(C(F)(F)F)ccc3c3ccc(C(F)(F)F)cc32)c1-c1ccccc1. The number of ether oxygens (including phenoxy) is 1. The van der Waals surface area contributed by atoms with Crippen molar-refractivity contribution >= 4 is 60.7 Å². The molecule has 0 atom stereocenters. The molecule has 1 aliphatic heterocycles. The van der Waals surface area contributed by atoms with Crippen LogP contribution in [-0.2, 0) is 24.7 Å². The Morgan fingerprint density at radius 3 is 0.961 bits per heavy atom. The lowest BCUT2D eigenvalue weighted by molar-refractivity contribution is -0.138. The van der Waals surface area contributed by atoms with Crippen LogP contribution in [0, 0.1) is 11.3 Å². The number of anilines is 3. The maximum Gasteiger partial charge on any atom is 0.416 e. The molecule has 0 N–H and O–H groups in total. The zero-order valence-electron chi connectivity index (χ0n) is 38.6. The Hall–Kier alpha value is -9.17. The normalized spacial score (nSPS) is 13.1. The summed E-state index contributed by atoms with van der Waals surface area (Å²) >= 11 is 0. The quantitative estimate of drug-likeness (QED) is 0.161. The zero-order valence-corrected chi connectivity index (χ0v) is 38.6. The minimum Gasteiger partial charge on any atom is -0.453 e. The third kappa shape index (κ3) is 7.57. The standard InChI is InChI=1S/C59H30F12N4O/c60-56(61,62)34-19-23-38-39-24-20-35(57(63,64)65)28-46(39)74(45(38)27-34)53-51(32-11-3-1-4-12-32)42(31-72)52(33-13-5-2-6-14-33)54(55(53)73-43-15-7-9-17-49(43)76-50-18-10-8-16-44(50)73)75-47-29-36(58(66,67)68)21-25-40(47)41-26-22-37(30-48(41)75)59(69,70)71/h1-30H. The van der Waals surface area contributed by atoms with Crippen LogP contribution < -0.4 is 9.64 Å². The van der Waals surface area contributed by atoms with Gasteiger partial charge in [0.15, 0.2) is 11.5 Å². The fourth-order valence-corrected chi connectivity index (χ4v) is 10.4. The first kappa shape index (κ1) is 47.8. The van der Waals surface area contributed by atoms with E-state index in [4.69, 9.17) is 4.74 Å². The number of benzene rings is 9. The number of nitrogens with zero attached hydrogens (tertiary/aromatic N) is 4. The fraction of sp³-hybridized carbons (Fsp3) is 0.0678. The minimum atomic E-state index is -5.03. The summed E-state index contributed by atoms with van der Waals surface area (Å²) in [5, 5.41) is 12.0. The molecule has 0 saturated heterocycles. The molecule has 0 radical (unpaired) electrons. The van der Waals surface area contributed by atoms with E-state index >= 15 is 52.7 Å². The lowest BCUT2D eigenvalue weighted by Gasteiger charge is -2.38. The van der Waals surface area contributed by atoms with E-state index < -0.39 is 47.0 Å². The number of fused-ring (bicyclic) bond motifs is 8. The Labute approximate surface area is 421 Å². The van der Waals surface area contributed by atoms with E-state index in [0.717, 1.165) is 72.8 Å². The van der Waals surface area contributed by atoms with Crippen LogP contribution in [0.15, 0.2) is 182 Å². The van der Waals surface area contributed by atoms with Crippen LogP contribution in [0.5, 0.6) is 11.5 Å². The van der Waals surface area contributed by atoms with Gasteiger partial charge in [0.1, 0.15) is 6.07 Å². The molecule has 12 rings (SSSR count). The molecule has 17 heteroatoms. The van der Waals surface area contributed by atoms with Gasteiger partial charge in [-0.1, -0.05) is 109 Å². The number of nitriles is 1. The number of hydrogen-bond acceptors (Lipinski definition) is 3. The van der Waals surface area contributed by atoms with Crippen molar-refractivity contribution in [2.75, 3.05) is 4.90 Å². The molecule has 0 unspecified atom stereocenters. The van der Waals surface area contributed by atoms with Crippen molar-refractivity contribution in [3.63, 3.8) is 0 Å². The van der Waals surface area contributed by atoms with Gasteiger partial charge in [0, 0.05) is 32.7 Å². The molecular formula is C59H30F12N4O. The number of alkyl halides is 12. The van der Waals surface area contributed by atoms with Gasteiger partial charge in [-0.3, -0.25) is 4.90 Å². The molecule has 5 nitrogen and oxygen atoms in total. The second-order valence-corrected chi connectivity index (χ2v) is 18.0. The highest BCUT2D eigenvalue weighted by atomic mass is 19.4.